The largest absolute Gasteiger partial charge is 0.481 e. The van der Waals surface area contributed by atoms with Gasteiger partial charge in [-0.15, -0.1) is 0 Å². The molecular formula is C12H14N2O4. The number of aliphatic carboxylic acids is 1. The molecule has 6 nitrogen and oxygen atoms in total. The topological polar surface area (TPSA) is 90.7 Å². The van der Waals surface area contributed by atoms with E-state index in [4.69, 9.17) is 10.2 Å². The first kappa shape index (κ1) is 12.3. The SMILES string of the molecule is O=C(O)c1cncc(N2CCCC(C(=O)O)C2)c1. The summed E-state index contributed by atoms with van der Waals surface area (Å²) in [7, 11) is 0. The molecule has 0 spiro atoms. The van der Waals surface area contributed by atoms with Crippen molar-refractivity contribution >= 4 is 17.6 Å². The number of carboxylic acid groups (broad SMARTS) is 2. The van der Waals surface area contributed by atoms with Crippen LogP contribution in [0.5, 0.6) is 0 Å². The normalized spacial score (nSPS) is 19.6. The van der Waals surface area contributed by atoms with Gasteiger partial charge in [0.2, 0.25) is 0 Å². The highest BCUT2D eigenvalue weighted by molar-refractivity contribution is 5.88. The van der Waals surface area contributed by atoms with Gasteiger partial charge in [0.1, 0.15) is 0 Å². The van der Waals surface area contributed by atoms with Crippen LogP contribution in [0.15, 0.2) is 18.5 Å². The highest BCUT2D eigenvalue weighted by Gasteiger charge is 2.25. The Kier molecular flexibility index (Phi) is 3.45. The molecule has 0 bridgehead atoms. The first-order chi connectivity index (χ1) is 8.58. The number of carbonyl (C=O) groups is 2. The predicted molar refractivity (Wildman–Crippen MR) is 63.8 cm³/mol. The third-order valence-electron chi connectivity index (χ3n) is 3.11. The molecule has 2 N–H and O–H groups in total. The fraction of sp³-hybridized carbons (Fsp3) is 0.417. The van der Waals surface area contributed by atoms with Gasteiger partial charge in [0.05, 0.1) is 23.4 Å². The molecule has 0 amide bonds. The Labute approximate surface area is 104 Å². The molecule has 96 valence electrons. The van der Waals surface area contributed by atoms with Gasteiger partial charge in [-0.25, -0.2) is 4.79 Å². The van der Waals surface area contributed by atoms with Gasteiger partial charge in [0.25, 0.3) is 0 Å². The van der Waals surface area contributed by atoms with Crippen LogP contribution in [0.2, 0.25) is 0 Å². The van der Waals surface area contributed by atoms with Crippen molar-refractivity contribution in [2.24, 2.45) is 5.92 Å². The molecule has 1 fully saturated rings. The Morgan fingerprint density at radius 2 is 2.11 bits per heavy atom. The van der Waals surface area contributed by atoms with Crippen molar-refractivity contribution < 1.29 is 19.8 Å². The van der Waals surface area contributed by atoms with E-state index in [9.17, 15) is 9.59 Å². The van der Waals surface area contributed by atoms with Gasteiger partial charge in [0, 0.05) is 19.3 Å². The molecule has 1 saturated heterocycles. The number of anilines is 1. The van der Waals surface area contributed by atoms with E-state index in [1.165, 1.54) is 12.3 Å². The summed E-state index contributed by atoms with van der Waals surface area (Å²) in [5, 5.41) is 17.9. The standard InChI is InChI=1S/C12H14N2O4/c15-11(16)8-2-1-3-14(7-8)10-4-9(12(17)18)5-13-6-10/h4-6,8H,1-3,7H2,(H,15,16)(H,17,18). The molecule has 1 aromatic heterocycles. The van der Waals surface area contributed by atoms with Gasteiger partial charge >= 0.3 is 11.9 Å². The maximum atomic E-state index is 11.0. The molecule has 0 aliphatic carbocycles. The van der Waals surface area contributed by atoms with Crippen molar-refractivity contribution in [2.75, 3.05) is 18.0 Å². The summed E-state index contributed by atoms with van der Waals surface area (Å²) >= 11 is 0. The Morgan fingerprint density at radius 1 is 1.33 bits per heavy atom. The number of aromatic nitrogens is 1. The molecule has 1 aliphatic heterocycles. The van der Waals surface area contributed by atoms with Crippen LogP contribution in [0.3, 0.4) is 0 Å². The fourth-order valence-electron chi connectivity index (χ4n) is 2.13. The zero-order valence-electron chi connectivity index (χ0n) is 9.74. The van der Waals surface area contributed by atoms with Crippen molar-refractivity contribution in [1.82, 2.24) is 4.98 Å². The number of hydrogen-bond acceptors (Lipinski definition) is 4. The first-order valence-electron chi connectivity index (χ1n) is 5.74. The number of hydrogen-bond donors (Lipinski definition) is 2. The summed E-state index contributed by atoms with van der Waals surface area (Å²) in [4.78, 5) is 27.6. The molecule has 0 aromatic carbocycles. The lowest BCUT2D eigenvalue weighted by molar-refractivity contribution is -0.141. The molecule has 0 radical (unpaired) electrons. The lowest BCUT2D eigenvalue weighted by Crippen LogP contribution is -2.38. The average molecular weight is 250 g/mol. The number of piperidine rings is 1. The fourth-order valence-corrected chi connectivity index (χ4v) is 2.13. The Hall–Kier alpha value is -2.11. The molecular weight excluding hydrogens is 236 g/mol. The van der Waals surface area contributed by atoms with Crippen molar-refractivity contribution in [3.05, 3.63) is 24.0 Å². The van der Waals surface area contributed by atoms with Crippen LogP contribution in [0.4, 0.5) is 5.69 Å². The van der Waals surface area contributed by atoms with E-state index in [2.05, 4.69) is 4.98 Å². The summed E-state index contributed by atoms with van der Waals surface area (Å²) in [6, 6.07) is 1.53. The smallest absolute Gasteiger partial charge is 0.337 e. The molecule has 2 heterocycles. The molecule has 1 aliphatic rings. The highest BCUT2D eigenvalue weighted by atomic mass is 16.4. The third kappa shape index (κ3) is 2.58. The average Bonchev–Trinajstić information content (AvgIpc) is 2.39. The van der Waals surface area contributed by atoms with Gasteiger partial charge in [-0.1, -0.05) is 0 Å². The molecule has 2 rings (SSSR count). The van der Waals surface area contributed by atoms with E-state index in [0.717, 1.165) is 13.0 Å². The lowest BCUT2D eigenvalue weighted by atomic mass is 9.98. The van der Waals surface area contributed by atoms with Crippen molar-refractivity contribution in [2.45, 2.75) is 12.8 Å². The quantitative estimate of drug-likeness (QED) is 0.834. The summed E-state index contributed by atoms with van der Waals surface area (Å²) in [5.41, 5.74) is 0.783. The van der Waals surface area contributed by atoms with Crippen LogP contribution in [-0.2, 0) is 4.79 Å². The predicted octanol–water partition coefficient (Wildman–Crippen LogP) is 1.08. The van der Waals surface area contributed by atoms with E-state index in [1.54, 1.807) is 6.20 Å². The Bertz CT molecular complexity index is 475. The number of aromatic carboxylic acids is 1. The monoisotopic (exact) mass is 250 g/mol. The minimum atomic E-state index is -1.03. The second-order valence-corrected chi connectivity index (χ2v) is 4.36. The van der Waals surface area contributed by atoms with Crippen molar-refractivity contribution in [1.29, 1.82) is 0 Å². The zero-order chi connectivity index (χ0) is 13.1. The molecule has 18 heavy (non-hydrogen) atoms. The van der Waals surface area contributed by atoms with E-state index in [-0.39, 0.29) is 5.56 Å². The number of pyridine rings is 1. The van der Waals surface area contributed by atoms with Crippen LogP contribution in [-0.4, -0.2) is 40.2 Å². The molecule has 1 atom stereocenters. The first-order valence-corrected chi connectivity index (χ1v) is 5.74. The van der Waals surface area contributed by atoms with Crippen LogP contribution in [0.1, 0.15) is 23.2 Å². The molecule has 1 aromatic rings. The maximum Gasteiger partial charge on any atom is 0.337 e. The lowest BCUT2D eigenvalue weighted by Gasteiger charge is -2.32. The number of nitrogens with zero attached hydrogens (tertiary/aromatic N) is 2. The van der Waals surface area contributed by atoms with Gasteiger partial charge in [-0.3, -0.25) is 9.78 Å². The van der Waals surface area contributed by atoms with E-state index in [1.807, 2.05) is 4.90 Å². The van der Waals surface area contributed by atoms with Crippen LogP contribution < -0.4 is 4.90 Å². The van der Waals surface area contributed by atoms with E-state index < -0.39 is 17.9 Å². The summed E-state index contributed by atoms with van der Waals surface area (Å²) in [5.74, 6) is -2.23. The van der Waals surface area contributed by atoms with Crippen LogP contribution >= 0.6 is 0 Å². The Morgan fingerprint density at radius 3 is 2.78 bits per heavy atom. The van der Waals surface area contributed by atoms with E-state index in [0.29, 0.717) is 18.7 Å². The van der Waals surface area contributed by atoms with Gasteiger partial charge < -0.3 is 15.1 Å². The van der Waals surface area contributed by atoms with Crippen molar-refractivity contribution in [3.8, 4) is 0 Å². The van der Waals surface area contributed by atoms with E-state index >= 15 is 0 Å². The van der Waals surface area contributed by atoms with Crippen LogP contribution in [0, 0.1) is 5.92 Å². The van der Waals surface area contributed by atoms with Gasteiger partial charge in [-0.05, 0) is 18.9 Å². The molecule has 6 heteroatoms. The van der Waals surface area contributed by atoms with Crippen LogP contribution in [0.25, 0.3) is 0 Å². The van der Waals surface area contributed by atoms with Gasteiger partial charge in [-0.2, -0.15) is 0 Å². The summed E-state index contributed by atoms with van der Waals surface area (Å²) in [6.45, 7) is 1.13. The maximum absolute atomic E-state index is 11.0. The second kappa shape index (κ2) is 5.03. The van der Waals surface area contributed by atoms with Crippen molar-refractivity contribution in [3.63, 3.8) is 0 Å². The third-order valence-corrected chi connectivity index (χ3v) is 3.11. The minimum Gasteiger partial charge on any atom is -0.481 e. The minimum absolute atomic E-state index is 0.116. The summed E-state index contributed by atoms with van der Waals surface area (Å²) < 4.78 is 0. The molecule has 0 saturated carbocycles. The number of carboxylic acids is 2. The molecule has 1 unspecified atom stereocenters. The number of rotatable bonds is 3. The zero-order valence-corrected chi connectivity index (χ0v) is 9.74. The second-order valence-electron chi connectivity index (χ2n) is 4.36. The van der Waals surface area contributed by atoms with Gasteiger partial charge in [0.15, 0.2) is 0 Å². The highest BCUT2D eigenvalue weighted by Crippen LogP contribution is 2.23. The Balaban J connectivity index is 2.18. The summed E-state index contributed by atoms with van der Waals surface area (Å²) in [6.07, 6.45) is 4.30.